The number of aliphatic hydroxyl groups excluding tert-OH is 1. The van der Waals surface area contributed by atoms with Gasteiger partial charge in [-0.25, -0.2) is 13.2 Å². The molecule has 0 heterocycles. The number of ether oxygens (including phenoxy) is 2. The van der Waals surface area contributed by atoms with Gasteiger partial charge in [0.15, 0.2) is 11.6 Å². The number of hydrogen-bond donors (Lipinski definition) is 1. The molecule has 28 heavy (non-hydrogen) atoms. The van der Waals surface area contributed by atoms with E-state index in [1.807, 2.05) is 0 Å². The van der Waals surface area contributed by atoms with Crippen LogP contribution in [0.25, 0.3) is 0 Å². The molecule has 0 bridgehead atoms. The molecule has 146 valence electrons. The summed E-state index contributed by atoms with van der Waals surface area (Å²) in [4.78, 5) is 0. The first-order chi connectivity index (χ1) is 13.5. The van der Waals surface area contributed by atoms with Crippen LogP contribution >= 0.6 is 0 Å². The number of rotatable bonds is 8. The lowest BCUT2D eigenvalue weighted by atomic mass is 10.0. The summed E-state index contributed by atoms with van der Waals surface area (Å²) < 4.78 is 51.1. The van der Waals surface area contributed by atoms with E-state index in [9.17, 15) is 18.3 Å². The molecule has 0 saturated carbocycles. The summed E-state index contributed by atoms with van der Waals surface area (Å²) in [6.07, 6.45) is -1.66. The maximum Gasteiger partial charge on any atom is 0.165 e. The second-order valence-electron chi connectivity index (χ2n) is 6.21. The van der Waals surface area contributed by atoms with Crippen LogP contribution in [0.1, 0.15) is 17.2 Å². The Bertz CT molecular complexity index is 837. The van der Waals surface area contributed by atoms with Gasteiger partial charge in [-0.1, -0.05) is 36.4 Å². The van der Waals surface area contributed by atoms with Crippen LogP contribution in [0.4, 0.5) is 13.2 Å². The maximum absolute atomic E-state index is 13.6. The van der Waals surface area contributed by atoms with Crippen molar-refractivity contribution in [3.05, 3.63) is 101 Å². The van der Waals surface area contributed by atoms with Crippen molar-refractivity contribution in [1.29, 1.82) is 0 Å². The van der Waals surface area contributed by atoms with Crippen LogP contribution in [0.5, 0.6) is 5.75 Å². The van der Waals surface area contributed by atoms with Gasteiger partial charge in [-0.2, -0.15) is 0 Å². The first kappa shape index (κ1) is 19.9. The maximum atomic E-state index is 13.6. The smallest absolute Gasteiger partial charge is 0.165 e. The van der Waals surface area contributed by atoms with E-state index in [1.165, 1.54) is 42.5 Å². The highest BCUT2D eigenvalue weighted by molar-refractivity contribution is 5.30. The fraction of sp³-hybridized carbons (Fsp3) is 0.182. The zero-order valence-corrected chi connectivity index (χ0v) is 14.9. The van der Waals surface area contributed by atoms with E-state index in [0.717, 1.165) is 0 Å². The molecule has 0 aromatic heterocycles. The molecule has 0 fully saturated rings. The molecule has 3 aromatic rings. The zero-order chi connectivity index (χ0) is 19.9. The van der Waals surface area contributed by atoms with Crippen LogP contribution < -0.4 is 4.74 Å². The predicted molar refractivity (Wildman–Crippen MR) is 98.5 cm³/mol. The minimum absolute atomic E-state index is 0.0372. The molecule has 0 saturated heterocycles. The monoisotopic (exact) mass is 388 g/mol. The molecule has 0 radical (unpaired) electrons. The van der Waals surface area contributed by atoms with Crippen LogP contribution in [0.15, 0.2) is 72.8 Å². The summed E-state index contributed by atoms with van der Waals surface area (Å²) in [5.74, 6) is -1.26. The standard InChI is InChI=1S/C22H19F3O3/c23-17-9-5-15(6-10-17)22(16-7-11-18(24)12-8-16)28-14-19(26)13-27-21-4-2-1-3-20(21)25/h1-12,19,22,26H,13-14H2. The molecule has 3 aromatic carbocycles. The fourth-order valence-corrected chi connectivity index (χ4v) is 2.66. The van der Waals surface area contributed by atoms with Crippen LogP contribution in [0.3, 0.4) is 0 Å². The third kappa shape index (κ3) is 5.34. The second kappa shape index (κ2) is 9.39. The summed E-state index contributed by atoms with van der Waals surface area (Å²) in [7, 11) is 0. The van der Waals surface area contributed by atoms with Crippen molar-refractivity contribution in [3.8, 4) is 5.75 Å². The van der Waals surface area contributed by atoms with Gasteiger partial charge in [0.05, 0.1) is 6.61 Å². The quantitative estimate of drug-likeness (QED) is 0.611. The molecule has 0 aliphatic heterocycles. The van der Waals surface area contributed by atoms with Crippen molar-refractivity contribution in [2.75, 3.05) is 13.2 Å². The first-order valence-electron chi connectivity index (χ1n) is 8.71. The first-order valence-corrected chi connectivity index (χ1v) is 8.71. The van der Waals surface area contributed by atoms with E-state index in [1.54, 1.807) is 30.3 Å². The molecule has 3 rings (SSSR count). The van der Waals surface area contributed by atoms with Gasteiger partial charge in [0, 0.05) is 0 Å². The van der Waals surface area contributed by atoms with Crippen molar-refractivity contribution < 1.29 is 27.8 Å². The van der Waals surface area contributed by atoms with E-state index in [4.69, 9.17) is 9.47 Å². The average molecular weight is 388 g/mol. The van der Waals surface area contributed by atoms with E-state index in [2.05, 4.69) is 0 Å². The van der Waals surface area contributed by atoms with Crippen LogP contribution in [-0.4, -0.2) is 24.4 Å². The molecule has 6 heteroatoms. The van der Waals surface area contributed by atoms with Crippen LogP contribution in [0.2, 0.25) is 0 Å². The predicted octanol–water partition coefficient (Wildman–Crippen LogP) is 4.65. The zero-order valence-electron chi connectivity index (χ0n) is 14.9. The lowest BCUT2D eigenvalue weighted by molar-refractivity contribution is -0.0128. The topological polar surface area (TPSA) is 38.7 Å². The highest BCUT2D eigenvalue weighted by atomic mass is 19.1. The Labute approximate surface area is 161 Å². The molecule has 3 nitrogen and oxygen atoms in total. The largest absolute Gasteiger partial charge is 0.488 e. The Hall–Kier alpha value is -2.83. The molecule has 1 atom stereocenters. The summed E-state index contributed by atoms with van der Waals surface area (Å²) in [5.41, 5.74) is 1.30. The van der Waals surface area contributed by atoms with Crippen molar-refractivity contribution in [2.24, 2.45) is 0 Å². The van der Waals surface area contributed by atoms with E-state index in [0.29, 0.717) is 11.1 Å². The normalized spacial score (nSPS) is 12.2. The summed E-state index contributed by atoms with van der Waals surface area (Å²) in [6.45, 7) is -0.283. The molecule has 0 aliphatic carbocycles. The van der Waals surface area contributed by atoms with Crippen molar-refractivity contribution in [3.63, 3.8) is 0 Å². The molecule has 1 unspecified atom stereocenters. The Morgan fingerprint density at radius 2 is 1.25 bits per heavy atom. The third-order valence-corrected chi connectivity index (χ3v) is 4.07. The lowest BCUT2D eigenvalue weighted by Gasteiger charge is -2.21. The van der Waals surface area contributed by atoms with Gasteiger partial charge in [-0.15, -0.1) is 0 Å². The Balaban J connectivity index is 1.66. The summed E-state index contributed by atoms with van der Waals surface area (Å²) in [6, 6.07) is 17.3. The molecular formula is C22H19F3O3. The van der Waals surface area contributed by atoms with Gasteiger partial charge >= 0.3 is 0 Å². The highest BCUT2D eigenvalue weighted by Gasteiger charge is 2.18. The van der Waals surface area contributed by atoms with Gasteiger partial charge in [0.25, 0.3) is 0 Å². The molecule has 1 N–H and O–H groups in total. The highest BCUT2D eigenvalue weighted by Crippen LogP contribution is 2.27. The molecule has 0 aliphatic rings. The van der Waals surface area contributed by atoms with Crippen molar-refractivity contribution in [2.45, 2.75) is 12.2 Å². The lowest BCUT2D eigenvalue weighted by Crippen LogP contribution is -2.25. The minimum Gasteiger partial charge on any atom is -0.488 e. The van der Waals surface area contributed by atoms with Crippen LogP contribution in [-0.2, 0) is 4.74 Å². The van der Waals surface area contributed by atoms with Crippen molar-refractivity contribution in [1.82, 2.24) is 0 Å². The summed E-state index contributed by atoms with van der Waals surface area (Å²) in [5, 5.41) is 10.1. The third-order valence-electron chi connectivity index (χ3n) is 4.07. The second-order valence-corrected chi connectivity index (χ2v) is 6.21. The van der Waals surface area contributed by atoms with E-state index in [-0.39, 0.29) is 30.6 Å². The number of hydrogen-bond acceptors (Lipinski definition) is 3. The number of para-hydroxylation sites is 1. The Kier molecular flexibility index (Phi) is 6.68. The molecular weight excluding hydrogens is 369 g/mol. The van der Waals surface area contributed by atoms with Gasteiger partial charge < -0.3 is 14.6 Å². The van der Waals surface area contributed by atoms with Gasteiger partial charge in [0.1, 0.15) is 30.4 Å². The number of benzene rings is 3. The number of halogens is 3. The molecule has 0 amide bonds. The van der Waals surface area contributed by atoms with E-state index < -0.39 is 18.0 Å². The van der Waals surface area contributed by atoms with Gasteiger partial charge in [-0.05, 0) is 47.5 Å². The molecule has 0 spiro atoms. The fourth-order valence-electron chi connectivity index (χ4n) is 2.66. The van der Waals surface area contributed by atoms with Gasteiger partial charge in [0.2, 0.25) is 0 Å². The Morgan fingerprint density at radius 1 is 0.714 bits per heavy atom. The minimum atomic E-state index is -1.02. The Morgan fingerprint density at radius 3 is 1.79 bits per heavy atom. The SMILES string of the molecule is OC(COc1ccccc1F)COC(c1ccc(F)cc1)c1ccc(F)cc1. The van der Waals surface area contributed by atoms with Gasteiger partial charge in [-0.3, -0.25) is 0 Å². The number of aliphatic hydroxyl groups is 1. The van der Waals surface area contributed by atoms with Crippen LogP contribution in [0, 0.1) is 17.5 Å². The van der Waals surface area contributed by atoms with Crippen molar-refractivity contribution >= 4 is 0 Å². The average Bonchev–Trinajstić information content (AvgIpc) is 2.70. The van der Waals surface area contributed by atoms with E-state index >= 15 is 0 Å². The summed E-state index contributed by atoms with van der Waals surface area (Å²) >= 11 is 0.